The summed E-state index contributed by atoms with van der Waals surface area (Å²) in [6.45, 7) is 6.05. The van der Waals surface area contributed by atoms with Gasteiger partial charge in [-0.15, -0.1) is 0 Å². The standard InChI is InChI=1S/C23H23N3O3/c1-4-29-23(28)19-7-5-6-8-21(19)26-22(27)17-12-18(14-24-13-17)25-20-10-9-15(2)11-16(20)3/h5-14,25H,4H2,1-3H3,(H,26,27). The van der Waals surface area contributed by atoms with Gasteiger partial charge in [-0.05, 0) is 50.6 Å². The van der Waals surface area contributed by atoms with E-state index in [-0.39, 0.29) is 12.5 Å². The molecule has 0 fully saturated rings. The van der Waals surface area contributed by atoms with Crippen molar-refractivity contribution in [3.8, 4) is 0 Å². The van der Waals surface area contributed by atoms with Crippen LogP contribution in [0.15, 0.2) is 60.9 Å². The Bertz CT molecular complexity index is 1050. The van der Waals surface area contributed by atoms with Gasteiger partial charge in [0.2, 0.25) is 0 Å². The summed E-state index contributed by atoms with van der Waals surface area (Å²) in [7, 11) is 0. The van der Waals surface area contributed by atoms with Crippen molar-refractivity contribution in [3.05, 3.63) is 83.2 Å². The molecule has 0 aliphatic carbocycles. The summed E-state index contributed by atoms with van der Waals surface area (Å²) < 4.78 is 5.05. The van der Waals surface area contributed by atoms with Crippen molar-refractivity contribution >= 4 is 28.9 Å². The summed E-state index contributed by atoms with van der Waals surface area (Å²) in [4.78, 5) is 29.0. The zero-order valence-corrected chi connectivity index (χ0v) is 16.7. The molecule has 6 heteroatoms. The molecular weight excluding hydrogens is 366 g/mol. The Morgan fingerprint density at radius 1 is 1.00 bits per heavy atom. The van der Waals surface area contributed by atoms with Gasteiger partial charge >= 0.3 is 5.97 Å². The number of aromatic nitrogens is 1. The predicted octanol–water partition coefficient (Wildman–Crippen LogP) is 4.87. The van der Waals surface area contributed by atoms with E-state index in [4.69, 9.17) is 4.74 Å². The van der Waals surface area contributed by atoms with Crippen molar-refractivity contribution in [3.63, 3.8) is 0 Å². The number of esters is 1. The summed E-state index contributed by atoms with van der Waals surface area (Å²) in [5.74, 6) is -0.842. The molecule has 0 spiro atoms. The van der Waals surface area contributed by atoms with E-state index in [9.17, 15) is 9.59 Å². The molecule has 1 amide bonds. The molecule has 0 aliphatic heterocycles. The fraction of sp³-hybridized carbons (Fsp3) is 0.174. The Morgan fingerprint density at radius 3 is 2.55 bits per heavy atom. The molecule has 0 atom stereocenters. The number of benzene rings is 2. The van der Waals surface area contributed by atoms with Crippen molar-refractivity contribution < 1.29 is 14.3 Å². The third kappa shape index (κ3) is 4.99. The Kier molecular flexibility index (Phi) is 6.24. The molecule has 1 aromatic heterocycles. The molecule has 0 aliphatic rings. The highest BCUT2D eigenvalue weighted by molar-refractivity contribution is 6.08. The molecule has 6 nitrogen and oxygen atoms in total. The van der Waals surface area contributed by atoms with Crippen LogP contribution in [0.3, 0.4) is 0 Å². The van der Waals surface area contributed by atoms with Crippen molar-refractivity contribution in [2.24, 2.45) is 0 Å². The average Bonchev–Trinajstić information content (AvgIpc) is 2.71. The number of nitrogens with zero attached hydrogens (tertiary/aromatic N) is 1. The van der Waals surface area contributed by atoms with Crippen LogP contribution in [-0.2, 0) is 4.74 Å². The van der Waals surface area contributed by atoms with Gasteiger partial charge in [-0.25, -0.2) is 4.79 Å². The van der Waals surface area contributed by atoms with Gasteiger partial charge in [-0.2, -0.15) is 0 Å². The largest absolute Gasteiger partial charge is 0.462 e. The van der Waals surface area contributed by atoms with E-state index in [1.54, 1.807) is 43.5 Å². The minimum absolute atomic E-state index is 0.261. The lowest BCUT2D eigenvalue weighted by Crippen LogP contribution is -2.16. The number of aryl methyl sites for hydroxylation is 2. The topological polar surface area (TPSA) is 80.3 Å². The fourth-order valence-electron chi connectivity index (χ4n) is 2.92. The van der Waals surface area contributed by atoms with E-state index in [1.165, 1.54) is 11.8 Å². The predicted molar refractivity (Wildman–Crippen MR) is 114 cm³/mol. The maximum atomic E-state index is 12.7. The summed E-state index contributed by atoms with van der Waals surface area (Å²) in [5.41, 5.74) is 5.00. The molecule has 0 bridgehead atoms. The second kappa shape index (κ2) is 9.01. The van der Waals surface area contributed by atoms with Crippen LogP contribution in [0.4, 0.5) is 17.1 Å². The number of carbonyl (C=O) groups is 2. The lowest BCUT2D eigenvalue weighted by Gasteiger charge is -2.12. The molecule has 148 valence electrons. The van der Waals surface area contributed by atoms with Crippen molar-refractivity contribution in [2.45, 2.75) is 20.8 Å². The fourth-order valence-corrected chi connectivity index (χ4v) is 2.92. The first kappa shape index (κ1) is 20.1. The lowest BCUT2D eigenvalue weighted by atomic mass is 10.1. The molecular formula is C23H23N3O3. The van der Waals surface area contributed by atoms with Gasteiger partial charge in [0.15, 0.2) is 0 Å². The van der Waals surface area contributed by atoms with E-state index in [1.807, 2.05) is 26.0 Å². The first-order chi connectivity index (χ1) is 14.0. The van der Waals surface area contributed by atoms with Gasteiger partial charge in [-0.1, -0.05) is 29.8 Å². The molecule has 0 unspecified atom stereocenters. The monoisotopic (exact) mass is 389 g/mol. The number of ether oxygens (including phenoxy) is 1. The summed E-state index contributed by atoms with van der Waals surface area (Å²) in [5, 5.41) is 6.06. The van der Waals surface area contributed by atoms with Crippen molar-refractivity contribution in [1.29, 1.82) is 0 Å². The van der Waals surface area contributed by atoms with Crippen molar-refractivity contribution in [1.82, 2.24) is 4.98 Å². The third-order valence-electron chi connectivity index (χ3n) is 4.33. The Hall–Kier alpha value is -3.67. The van der Waals surface area contributed by atoms with E-state index in [0.717, 1.165) is 11.3 Å². The van der Waals surface area contributed by atoms with Gasteiger partial charge < -0.3 is 15.4 Å². The number of hydrogen-bond acceptors (Lipinski definition) is 5. The highest BCUT2D eigenvalue weighted by atomic mass is 16.5. The SMILES string of the molecule is CCOC(=O)c1ccccc1NC(=O)c1cncc(Nc2ccc(C)cc2C)c1. The molecule has 3 rings (SSSR count). The third-order valence-corrected chi connectivity index (χ3v) is 4.33. The highest BCUT2D eigenvalue weighted by Gasteiger charge is 2.15. The Labute approximate surface area is 169 Å². The highest BCUT2D eigenvalue weighted by Crippen LogP contribution is 2.22. The smallest absolute Gasteiger partial charge is 0.340 e. The maximum Gasteiger partial charge on any atom is 0.340 e. The maximum absolute atomic E-state index is 12.7. The van der Waals surface area contributed by atoms with Gasteiger partial charge in [0.05, 0.1) is 35.3 Å². The molecule has 0 saturated carbocycles. The number of nitrogens with one attached hydrogen (secondary N) is 2. The number of hydrogen-bond donors (Lipinski definition) is 2. The minimum Gasteiger partial charge on any atom is -0.462 e. The van der Waals surface area contributed by atoms with Crippen LogP contribution >= 0.6 is 0 Å². The first-order valence-electron chi connectivity index (χ1n) is 9.34. The normalized spacial score (nSPS) is 10.3. The van der Waals surface area contributed by atoms with Crippen LogP contribution in [0.1, 0.15) is 38.8 Å². The van der Waals surface area contributed by atoms with E-state index in [0.29, 0.717) is 22.5 Å². The van der Waals surface area contributed by atoms with Crippen molar-refractivity contribution in [2.75, 3.05) is 17.2 Å². The molecule has 0 radical (unpaired) electrons. The van der Waals surface area contributed by atoms with E-state index >= 15 is 0 Å². The van der Waals surface area contributed by atoms with Crippen LogP contribution in [0, 0.1) is 13.8 Å². The number of pyridine rings is 1. The first-order valence-corrected chi connectivity index (χ1v) is 9.34. The summed E-state index contributed by atoms with van der Waals surface area (Å²) >= 11 is 0. The average molecular weight is 389 g/mol. The second-order valence-electron chi connectivity index (χ2n) is 6.63. The van der Waals surface area contributed by atoms with E-state index in [2.05, 4.69) is 21.7 Å². The number of rotatable bonds is 6. The van der Waals surface area contributed by atoms with E-state index < -0.39 is 5.97 Å². The molecule has 2 aromatic carbocycles. The van der Waals surface area contributed by atoms with Gasteiger partial charge in [0.25, 0.3) is 5.91 Å². The van der Waals surface area contributed by atoms with Gasteiger partial charge in [0, 0.05) is 11.9 Å². The summed E-state index contributed by atoms with van der Waals surface area (Å²) in [6.07, 6.45) is 3.14. The van der Waals surface area contributed by atoms with Crippen LogP contribution < -0.4 is 10.6 Å². The van der Waals surface area contributed by atoms with Crippen LogP contribution in [0.5, 0.6) is 0 Å². The molecule has 2 N–H and O–H groups in total. The summed E-state index contributed by atoms with van der Waals surface area (Å²) in [6, 6.07) is 14.6. The van der Waals surface area contributed by atoms with Crippen LogP contribution in [-0.4, -0.2) is 23.5 Å². The minimum atomic E-state index is -0.480. The molecule has 29 heavy (non-hydrogen) atoms. The van der Waals surface area contributed by atoms with Gasteiger partial charge in [0.1, 0.15) is 0 Å². The van der Waals surface area contributed by atoms with Crippen LogP contribution in [0.25, 0.3) is 0 Å². The zero-order chi connectivity index (χ0) is 20.8. The number of amides is 1. The van der Waals surface area contributed by atoms with Crippen LogP contribution in [0.2, 0.25) is 0 Å². The molecule has 3 aromatic rings. The number of para-hydroxylation sites is 1. The molecule has 0 saturated heterocycles. The Balaban J connectivity index is 1.79. The zero-order valence-electron chi connectivity index (χ0n) is 16.7. The second-order valence-corrected chi connectivity index (χ2v) is 6.63. The number of anilines is 3. The molecule has 1 heterocycles. The van der Waals surface area contributed by atoms with Gasteiger partial charge in [-0.3, -0.25) is 9.78 Å². The number of carbonyl (C=O) groups excluding carboxylic acids is 2. The Morgan fingerprint density at radius 2 is 1.79 bits per heavy atom. The quantitative estimate of drug-likeness (QED) is 0.588. The lowest BCUT2D eigenvalue weighted by molar-refractivity contribution is 0.0527.